The lowest BCUT2D eigenvalue weighted by molar-refractivity contribution is 0.102. The molecule has 5 aromatic rings. The van der Waals surface area contributed by atoms with E-state index in [1.165, 1.54) is 23.5 Å². The van der Waals surface area contributed by atoms with Gasteiger partial charge in [0.05, 0.1) is 27.6 Å². The van der Waals surface area contributed by atoms with Gasteiger partial charge in [-0.25, -0.2) is 14.4 Å². The summed E-state index contributed by atoms with van der Waals surface area (Å²) in [6, 6.07) is 17.0. The number of hydrogen-bond donors (Lipinski definition) is 1. The highest BCUT2D eigenvalue weighted by molar-refractivity contribution is 7.22. The Balaban J connectivity index is 1.57. The van der Waals surface area contributed by atoms with Crippen molar-refractivity contribution in [3.05, 3.63) is 78.3 Å². The summed E-state index contributed by atoms with van der Waals surface area (Å²) in [6.45, 7) is 0. The maximum absolute atomic E-state index is 13.4. The molecule has 0 aliphatic heterocycles. The summed E-state index contributed by atoms with van der Waals surface area (Å²) in [6.07, 6.45) is 1.56. The van der Waals surface area contributed by atoms with Crippen molar-refractivity contribution in [1.29, 1.82) is 0 Å². The molecule has 28 heavy (non-hydrogen) atoms. The van der Waals surface area contributed by atoms with Gasteiger partial charge < -0.3 is 4.42 Å². The Morgan fingerprint density at radius 2 is 1.89 bits per heavy atom. The van der Waals surface area contributed by atoms with Gasteiger partial charge in [-0.1, -0.05) is 29.5 Å². The van der Waals surface area contributed by atoms with Gasteiger partial charge in [0, 0.05) is 5.39 Å². The van der Waals surface area contributed by atoms with Crippen LogP contribution in [0.3, 0.4) is 0 Å². The number of carbonyl (C=O) groups excluding carboxylic acids is 1. The molecule has 0 saturated heterocycles. The first-order chi connectivity index (χ1) is 13.7. The predicted octanol–water partition coefficient (Wildman–Crippen LogP) is 5.50. The Morgan fingerprint density at radius 3 is 2.75 bits per heavy atom. The molecule has 0 radical (unpaired) electrons. The Morgan fingerprint density at radius 1 is 1.00 bits per heavy atom. The summed E-state index contributed by atoms with van der Waals surface area (Å²) in [5.74, 6) is -0.0709. The number of amides is 1. The van der Waals surface area contributed by atoms with E-state index >= 15 is 0 Å². The SMILES string of the molecule is O=C(Nc1nc2ccc(F)cc2s1)c1cc(-c2ccco2)nc2ccccc12. The van der Waals surface area contributed by atoms with E-state index in [2.05, 4.69) is 15.3 Å². The highest BCUT2D eigenvalue weighted by atomic mass is 32.1. The van der Waals surface area contributed by atoms with E-state index in [9.17, 15) is 9.18 Å². The largest absolute Gasteiger partial charge is 0.463 e. The van der Waals surface area contributed by atoms with E-state index in [4.69, 9.17) is 4.42 Å². The van der Waals surface area contributed by atoms with Crippen LogP contribution in [0.1, 0.15) is 10.4 Å². The number of rotatable bonds is 3. The number of para-hydroxylation sites is 1. The Bertz CT molecular complexity index is 1330. The molecule has 1 N–H and O–H groups in total. The molecule has 3 aromatic heterocycles. The summed E-state index contributed by atoms with van der Waals surface area (Å²) in [7, 11) is 0. The Labute approximate surface area is 162 Å². The van der Waals surface area contributed by atoms with Crippen LogP contribution in [0.2, 0.25) is 0 Å². The van der Waals surface area contributed by atoms with Crippen LogP contribution in [0.25, 0.3) is 32.6 Å². The zero-order valence-corrected chi connectivity index (χ0v) is 15.2. The lowest BCUT2D eigenvalue weighted by Crippen LogP contribution is -2.12. The third-order valence-corrected chi connectivity index (χ3v) is 5.24. The molecule has 1 amide bonds. The van der Waals surface area contributed by atoms with E-state index in [0.29, 0.717) is 37.9 Å². The topological polar surface area (TPSA) is 68.0 Å². The fourth-order valence-corrected chi connectivity index (χ4v) is 3.92. The normalized spacial score (nSPS) is 11.2. The average molecular weight is 389 g/mol. The summed E-state index contributed by atoms with van der Waals surface area (Å²) in [5.41, 5.74) is 2.35. The van der Waals surface area contributed by atoms with Crippen molar-refractivity contribution in [2.75, 3.05) is 5.32 Å². The number of pyridine rings is 1. The molecular weight excluding hydrogens is 377 g/mol. The van der Waals surface area contributed by atoms with Crippen molar-refractivity contribution in [2.24, 2.45) is 0 Å². The number of furan rings is 1. The second kappa shape index (κ2) is 6.54. The summed E-state index contributed by atoms with van der Waals surface area (Å²) in [4.78, 5) is 22.0. The second-order valence-electron chi connectivity index (χ2n) is 6.13. The molecule has 0 fully saturated rings. The molecule has 5 nitrogen and oxygen atoms in total. The zero-order chi connectivity index (χ0) is 19.1. The maximum Gasteiger partial charge on any atom is 0.258 e. The average Bonchev–Trinajstić information content (AvgIpc) is 3.36. The highest BCUT2D eigenvalue weighted by Crippen LogP contribution is 2.29. The molecule has 0 bridgehead atoms. The van der Waals surface area contributed by atoms with Gasteiger partial charge in [0.1, 0.15) is 11.5 Å². The van der Waals surface area contributed by atoms with Crippen LogP contribution in [0, 0.1) is 5.82 Å². The molecule has 0 aliphatic carbocycles. The van der Waals surface area contributed by atoms with Crippen LogP contribution in [-0.2, 0) is 0 Å². The first-order valence-electron chi connectivity index (χ1n) is 8.48. The fraction of sp³-hybridized carbons (Fsp3) is 0. The van der Waals surface area contributed by atoms with Crippen LogP contribution in [0.15, 0.2) is 71.3 Å². The first kappa shape index (κ1) is 16.6. The third-order valence-electron chi connectivity index (χ3n) is 4.31. The number of nitrogens with one attached hydrogen (secondary N) is 1. The molecule has 0 spiro atoms. The van der Waals surface area contributed by atoms with Crippen molar-refractivity contribution in [1.82, 2.24) is 9.97 Å². The number of carbonyl (C=O) groups is 1. The van der Waals surface area contributed by atoms with Crippen molar-refractivity contribution >= 4 is 43.5 Å². The van der Waals surface area contributed by atoms with Crippen molar-refractivity contribution in [3.8, 4) is 11.5 Å². The van der Waals surface area contributed by atoms with Gasteiger partial charge in [-0.3, -0.25) is 10.1 Å². The quantitative estimate of drug-likeness (QED) is 0.443. The lowest BCUT2D eigenvalue weighted by atomic mass is 10.1. The number of benzene rings is 2. The van der Waals surface area contributed by atoms with Gasteiger partial charge >= 0.3 is 0 Å². The number of anilines is 1. The van der Waals surface area contributed by atoms with Crippen LogP contribution < -0.4 is 5.32 Å². The number of hydrogen-bond acceptors (Lipinski definition) is 5. The van der Waals surface area contributed by atoms with E-state index in [-0.39, 0.29) is 11.7 Å². The first-order valence-corrected chi connectivity index (χ1v) is 9.30. The van der Waals surface area contributed by atoms with E-state index < -0.39 is 0 Å². The van der Waals surface area contributed by atoms with Crippen LogP contribution in [0.5, 0.6) is 0 Å². The van der Waals surface area contributed by atoms with Crippen LogP contribution in [0.4, 0.5) is 9.52 Å². The standard InChI is InChI=1S/C21H12FN3O2S/c22-12-7-8-16-19(10-12)28-21(24-16)25-20(26)14-11-17(18-6-3-9-27-18)23-15-5-2-1-4-13(14)15/h1-11H,(H,24,25,26). The van der Waals surface area contributed by atoms with Crippen LogP contribution >= 0.6 is 11.3 Å². The number of fused-ring (bicyclic) bond motifs is 2. The van der Waals surface area contributed by atoms with Gasteiger partial charge in [0.25, 0.3) is 5.91 Å². The molecule has 7 heteroatoms. The number of aromatic nitrogens is 2. The molecule has 0 atom stereocenters. The number of halogens is 1. The smallest absolute Gasteiger partial charge is 0.258 e. The number of thiazole rings is 1. The zero-order valence-electron chi connectivity index (χ0n) is 14.3. The molecule has 3 heterocycles. The van der Waals surface area contributed by atoms with E-state index in [0.717, 1.165) is 5.39 Å². The number of nitrogens with zero attached hydrogens (tertiary/aromatic N) is 2. The second-order valence-corrected chi connectivity index (χ2v) is 7.17. The molecule has 2 aromatic carbocycles. The lowest BCUT2D eigenvalue weighted by Gasteiger charge is -2.08. The molecule has 136 valence electrons. The molecule has 0 saturated carbocycles. The van der Waals surface area contributed by atoms with Gasteiger partial charge in [-0.05, 0) is 42.5 Å². The highest BCUT2D eigenvalue weighted by Gasteiger charge is 2.16. The molecule has 0 unspecified atom stereocenters. The van der Waals surface area contributed by atoms with Crippen molar-refractivity contribution in [2.45, 2.75) is 0 Å². The summed E-state index contributed by atoms with van der Waals surface area (Å²) < 4.78 is 19.5. The molecule has 5 rings (SSSR count). The Kier molecular flexibility index (Phi) is 3.87. The minimum Gasteiger partial charge on any atom is -0.463 e. The fourth-order valence-electron chi connectivity index (χ4n) is 3.03. The minimum absolute atomic E-state index is 0.314. The minimum atomic E-state index is -0.336. The Hall–Kier alpha value is -3.58. The molecule has 0 aliphatic rings. The van der Waals surface area contributed by atoms with Crippen molar-refractivity contribution < 1.29 is 13.6 Å². The molecular formula is C21H12FN3O2S. The van der Waals surface area contributed by atoms with E-state index in [1.807, 2.05) is 24.3 Å². The van der Waals surface area contributed by atoms with Gasteiger partial charge in [0.15, 0.2) is 10.9 Å². The monoisotopic (exact) mass is 389 g/mol. The van der Waals surface area contributed by atoms with Crippen LogP contribution in [-0.4, -0.2) is 15.9 Å². The summed E-state index contributed by atoms with van der Waals surface area (Å²) >= 11 is 1.22. The summed E-state index contributed by atoms with van der Waals surface area (Å²) in [5, 5.41) is 3.95. The van der Waals surface area contributed by atoms with Gasteiger partial charge in [0.2, 0.25) is 0 Å². The third kappa shape index (κ3) is 2.91. The van der Waals surface area contributed by atoms with Gasteiger partial charge in [-0.2, -0.15) is 0 Å². The van der Waals surface area contributed by atoms with E-state index in [1.54, 1.807) is 30.5 Å². The predicted molar refractivity (Wildman–Crippen MR) is 107 cm³/mol. The van der Waals surface area contributed by atoms with Gasteiger partial charge in [-0.15, -0.1) is 0 Å². The maximum atomic E-state index is 13.4. The van der Waals surface area contributed by atoms with Crippen molar-refractivity contribution in [3.63, 3.8) is 0 Å².